The van der Waals surface area contributed by atoms with Gasteiger partial charge in [0.15, 0.2) is 0 Å². The highest BCUT2D eigenvalue weighted by atomic mass is 14.9. The van der Waals surface area contributed by atoms with E-state index in [1.165, 1.54) is 6.20 Å². The van der Waals surface area contributed by atoms with Crippen molar-refractivity contribution in [3.63, 3.8) is 0 Å². The first kappa shape index (κ1) is 5.99. The molecule has 0 fully saturated rings. The van der Waals surface area contributed by atoms with Gasteiger partial charge in [-0.25, -0.2) is 4.99 Å². The molecule has 0 spiro atoms. The van der Waals surface area contributed by atoms with Gasteiger partial charge in [0.25, 0.3) is 0 Å². The summed E-state index contributed by atoms with van der Waals surface area (Å²) in [5.41, 5.74) is 2.49. The molecule has 0 saturated heterocycles. The summed E-state index contributed by atoms with van der Waals surface area (Å²) in [6, 6.07) is 0. The number of aliphatic imine (C=N–C) groups is 1. The van der Waals surface area contributed by atoms with E-state index in [4.69, 9.17) is 0 Å². The fourth-order valence-corrected chi connectivity index (χ4v) is 0.165. The normalized spacial score (nSPS) is 8.14. The van der Waals surface area contributed by atoms with Gasteiger partial charge >= 0.3 is 0 Å². The van der Waals surface area contributed by atoms with E-state index in [0.717, 1.165) is 0 Å². The van der Waals surface area contributed by atoms with Crippen LogP contribution in [-0.2, 0) is 0 Å². The minimum atomic E-state index is 1.48. The van der Waals surface area contributed by atoms with Gasteiger partial charge in [-0.1, -0.05) is 6.58 Å². The average molecular weight is 96.1 g/mol. The van der Waals surface area contributed by atoms with Crippen LogP contribution in [0.2, 0.25) is 0 Å². The van der Waals surface area contributed by atoms with E-state index in [0.29, 0.717) is 0 Å². The third kappa shape index (κ3) is 4.99. The summed E-state index contributed by atoms with van der Waals surface area (Å²) in [6.07, 6.45) is 3.04. The summed E-state index contributed by atoms with van der Waals surface area (Å²) in [7, 11) is 1.78. The zero-order chi connectivity index (χ0) is 5.54. The molecule has 0 amide bonds. The average Bonchev–Trinajstić information content (AvgIpc) is 1.69. The molecule has 38 valence electrons. The first-order valence-electron chi connectivity index (χ1n) is 1.95. The molecular weight excluding hydrogens is 88.1 g/mol. The van der Waals surface area contributed by atoms with E-state index in [-0.39, 0.29) is 0 Å². The minimum Gasteiger partial charge on any atom is -0.379 e. The Morgan fingerprint density at radius 3 is 3.00 bits per heavy atom. The zero-order valence-electron chi connectivity index (χ0n) is 4.31. The Balaban J connectivity index is 3.27. The molecule has 2 heteroatoms. The third-order valence-corrected chi connectivity index (χ3v) is 0.369. The van der Waals surface area contributed by atoms with Gasteiger partial charge in [0.05, 0.1) is 12.5 Å². The summed E-state index contributed by atoms with van der Waals surface area (Å²) < 4.78 is 0. The van der Waals surface area contributed by atoms with Crippen molar-refractivity contribution in [2.24, 2.45) is 4.99 Å². The van der Waals surface area contributed by atoms with E-state index in [9.17, 15) is 0 Å². The fraction of sp³-hybridized carbons (Fsp3) is 0.200. The molecule has 0 unspecified atom stereocenters. The first-order chi connectivity index (χ1) is 3.41. The molecule has 2 nitrogen and oxygen atoms in total. The fourth-order valence-electron chi connectivity index (χ4n) is 0.165. The van der Waals surface area contributed by atoms with Gasteiger partial charge in [0.1, 0.15) is 0 Å². The Morgan fingerprint density at radius 1 is 1.86 bits per heavy atom. The Hall–Kier alpha value is -1.01. The lowest BCUT2D eigenvalue weighted by Crippen LogP contribution is -1.98. The van der Waals surface area contributed by atoms with Gasteiger partial charge < -0.3 is 5.32 Å². The van der Waals surface area contributed by atoms with Crippen LogP contribution in [0.15, 0.2) is 23.5 Å². The molecule has 0 aromatic rings. The molecule has 0 bridgehead atoms. The molecule has 0 heterocycles. The molecule has 0 aliphatic rings. The Bertz CT molecular complexity index is 98.6. The van der Waals surface area contributed by atoms with E-state index in [2.05, 4.69) is 22.6 Å². The molecule has 1 N–H and O–H groups in total. The summed E-state index contributed by atoms with van der Waals surface area (Å²) >= 11 is 0. The highest BCUT2D eigenvalue weighted by molar-refractivity contribution is 5.54. The molecule has 0 aliphatic carbocycles. The van der Waals surface area contributed by atoms with Gasteiger partial charge in [0, 0.05) is 7.05 Å². The molecule has 0 aliphatic heterocycles. The van der Waals surface area contributed by atoms with Crippen molar-refractivity contribution in [3.05, 3.63) is 18.5 Å². The van der Waals surface area contributed by atoms with Crippen LogP contribution in [0.25, 0.3) is 0 Å². The van der Waals surface area contributed by atoms with Crippen molar-refractivity contribution < 1.29 is 0 Å². The topological polar surface area (TPSA) is 24.4 Å². The second-order valence-electron chi connectivity index (χ2n) is 0.900. The molecular formula is C5H8N2. The van der Waals surface area contributed by atoms with E-state index < -0.39 is 0 Å². The second-order valence-corrected chi connectivity index (χ2v) is 0.900. The largest absolute Gasteiger partial charge is 0.379 e. The van der Waals surface area contributed by atoms with Crippen LogP contribution in [-0.4, -0.2) is 13.4 Å². The van der Waals surface area contributed by atoms with Gasteiger partial charge in [-0.15, -0.1) is 5.73 Å². The molecule has 0 saturated carbocycles. The maximum atomic E-state index is 3.67. The molecule has 7 heavy (non-hydrogen) atoms. The number of hydrogen-bond donors (Lipinski definition) is 1. The van der Waals surface area contributed by atoms with Crippen LogP contribution in [0.1, 0.15) is 0 Å². The van der Waals surface area contributed by atoms with Crippen molar-refractivity contribution >= 4 is 6.34 Å². The summed E-state index contributed by atoms with van der Waals surface area (Å²) in [4.78, 5) is 3.67. The van der Waals surface area contributed by atoms with Gasteiger partial charge in [0.2, 0.25) is 0 Å². The van der Waals surface area contributed by atoms with Crippen molar-refractivity contribution in [3.8, 4) is 0 Å². The van der Waals surface area contributed by atoms with Crippen LogP contribution < -0.4 is 5.32 Å². The van der Waals surface area contributed by atoms with E-state index in [1.807, 2.05) is 0 Å². The zero-order valence-corrected chi connectivity index (χ0v) is 4.31. The molecule has 0 aromatic heterocycles. The highest BCUT2D eigenvalue weighted by Crippen LogP contribution is 1.59. The quantitative estimate of drug-likeness (QED) is 0.303. The van der Waals surface area contributed by atoms with Crippen LogP contribution >= 0.6 is 0 Å². The van der Waals surface area contributed by atoms with Crippen LogP contribution in [0.5, 0.6) is 0 Å². The SMILES string of the molecule is C=C=C/N=C\NC. The van der Waals surface area contributed by atoms with Gasteiger partial charge in [-0.05, 0) is 0 Å². The van der Waals surface area contributed by atoms with E-state index in [1.54, 1.807) is 13.4 Å². The predicted octanol–water partition coefficient (Wildman–Crippen LogP) is 0.533. The maximum Gasteiger partial charge on any atom is 0.0883 e. The maximum absolute atomic E-state index is 3.67. The smallest absolute Gasteiger partial charge is 0.0883 e. The lowest BCUT2D eigenvalue weighted by atomic mass is 10.9. The van der Waals surface area contributed by atoms with Gasteiger partial charge in [-0.3, -0.25) is 0 Å². The highest BCUT2D eigenvalue weighted by Gasteiger charge is 1.52. The van der Waals surface area contributed by atoms with Crippen LogP contribution in [0.3, 0.4) is 0 Å². The molecule has 0 aromatic carbocycles. The Morgan fingerprint density at radius 2 is 2.57 bits per heavy atom. The number of nitrogens with zero attached hydrogens (tertiary/aromatic N) is 1. The Labute approximate surface area is 43.3 Å². The van der Waals surface area contributed by atoms with Crippen LogP contribution in [0.4, 0.5) is 0 Å². The van der Waals surface area contributed by atoms with Crippen molar-refractivity contribution in [2.45, 2.75) is 0 Å². The predicted molar refractivity (Wildman–Crippen MR) is 31.3 cm³/mol. The van der Waals surface area contributed by atoms with Crippen molar-refractivity contribution in [1.82, 2.24) is 5.32 Å². The number of hydrogen-bond acceptors (Lipinski definition) is 1. The van der Waals surface area contributed by atoms with Gasteiger partial charge in [-0.2, -0.15) is 0 Å². The molecule has 0 rings (SSSR count). The summed E-state index contributed by atoms with van der Waals surface area (Å²) in [5.74, 6) is 0. The minimum absolute atomic E-state index is 1.48. The van der Waals surface area contributed by atoms with Crippen molar-refractivity contribution in [2.75, 3.05) is 7.05 Å². The second kappa shape index (κ2) is 4.99. The summed E-state index contributed by atoms with van der Waals surface area (Å²) in [6.45, 7) is 3.31. The molecule has 0 radical (unpaired) electrons. The number of nitrogens with one attached hydrogen (secondary N) is 1. The summed E-state index contributed by atoms with van der Waals surface area (Å²) in [5, 5.41) is 2.71. The Kier molecular flexibility index (Phi) is 4.27. The standard InChI is InChI=1S/C5H8N2/c1-3-4-7-5-6-2/h4-5H,1H2,2H3,(H,6,7). The van der Waals surface area contributed by atoms with Crippen molar-refractivity contribution in [1.29, 1.82) is 0 Å². The third-order valence-electron chi connectivity index (χ3n) is 0.369. The monoisotopic (exact) mass is 96.1 g/mol. The number of rotatable bonds is 2. The first-order valence-corrected chi connectivity index (χ1v) is 1.95. The van der Waals surface area contributed by atoms with Crippen LogP contribution in [0, 0.1) is 0 Å². The lowest BCUT2D eigenvalue weighted by Gasteiger charge is -1.75. The lowest BCUT2D eigenvalue weighted by molar-refractivity contribution is 1.21. The van der Waals surface area contributed by atoms with E-state index >= 15 is 0 Å². The molecule has 0 atom stereocenters.